The molecule has 0 saturated carbocycles. The first-order valence-corrected chi connectivity index (χ1v) is 10.4. The third-order valence-electron chi connectivity index (χ3n) is 4.75. The SMILES string of the molecule is C.COCCOc1cnc(C(=O)Cc2ccc(F)c([C@]3(C)CCSC(N)=N3)c2)c(N)n1. The molecule has 0 unspecified atom stereocenters. The van der Waals surface area contributed by atoms with Crippen LogP contribution >= 0.6 is 11.8 Å². The van der Waals surface area contributed by atoms with E-state index in [0.29, 0.717) is 35.9 Å². The van der Waals surface area contributed by atoms with Gasteiger partial charge in [-0.05, 0) is 31.0 Å². The van der Waals surface area contributed by atoms with Gasteiger partial charge in [0.05, 0.1) is 18.3 Å². The van der Waals surface area contributed by atoms with Gasteiger partial charge in [-0.2, -0.15) is 4.98 Å². The Labute approximate surface area is 185 Å². The molecule has 3 rings (SSSR count). The van der Waals surface area contributed by atoms with Crippen LogP contribution in [0, 0.1) is 5.82 Å². The van der Waals surface area contributed by atoms with Gasteiger partial charge in [-0.15, -0.1) is 0 Å². The minimum absolute atomic E-state index is 0. The summed E-state index contributed by atoms with van der Waals surface area (Å²) in [6, 6.07) is 4.57. The number of rotatable bonds is 8. The zero-order valence-corrected chi connectivity index (χ0v) is 17.7. The Morgan fingerprint density at radius 3 is 2.77 bits per heavy atom. The molecule has 4 N–H and O–H groups in total. The number of carbonyl (C=O) groups excluding carboxylic acids is 1. The number of halogens is 1. The van der Waals surface area contributed by atoms with Crippen LogP contribution in [0.3, 0.4) is 0 Å². The molecule has 1 aliphatic heterocycles. The van der Waals surface area contributed by atoms with Crippen LogP contribution in [0.1, 0.15) is 42.4 Å². The average Bonchev–Trinajstić information content (AvgIpc) is 2.69. The summed E-state index contributed by atoms with van der Waals surface area (Å²) in [5.41, 5.74) is 12.1. The van der Waals surface area contributed by atoms with Crippen LogP contribution in [0.15, 0.2) is 29.4 Å². The highest BCUT2D eigenvalue weighted by molar-refractivity contribution is 8.13. The Bertz CT molecular complexity index is 972. The lowest BCUT2D eigenvalue weighted by Gasteiger charge is -2.30. The predicted molar refractivity (Wildman–Crippen MR) is 121 cm³/mol. The number of aromatic nitrogens is 2. The summed E-state index contributed by atoms with van der Waals surface area (Å²) in [6.07, 6.45) is 1.99. The summed E-state index contributed by atoms with van der Waals surface area (Å²) >= 11 is 1.45. The van der Waals surface area contributed by atoms with Crippen molar-refractivity contribution in [1.82, 2.24) is 9.97 Å². The number of ether oxygens (including phenoxy) is 2. The van der Waals surface area contributed by atoms with Gasteiger partial charge < -0.3 is 20.9 Å². The van der Waals surface area contributed by atoms with Crippen molar-refractivity contribution in [2.75, 3.05) is 31.8 Å². The van der Waals surface area contributed by atoms with E-state index in [-0.39, 0.29) is 42.8 Å². The van der Waals surface area contributed by atoms with E-state index in [0.717, 1.165) is 5.75 Å². The highest BCUT2D eigenvalue weighted by Crippen LogP contribution is 2.36. The first-order chi connectivity index (χ1) is 14.3. The second kappa shape index (κ2) is 10.5. The normalized spacial score (nSPS) is 18.1. The quantitative estimate of drug-likeness (QED) is 0.465. The molecule has 2 heterocycles. The molecular formula is C21H28FN5O3S. The summed E-state index contributed by atoms with van der Waals surface area (Å²) in [5, 5.41) is 0.431. The fourth-order valence-corrected chi connectivity index (χ4v) is 4.12. The molecule has 1 aromatic carbocycles. The molecule has 168 valence electrons. The third-order valence-corrected chi connectivity index (χ3v) is 5.55. The van der Waals surface area contributed by atoms with Crippen LogP contribution in [0.2, 0.25) is 0 Å². The Kier molecular flexibility index (Phi) is 8.35. The molecule has 1 atom stereocenters. The van der Waals surface area contributed by atoms with Crippen LogP contribution < -0.4 is 16.2 Å². The number of hydrogen-bond donors (Lipinski definition) is 2. The van der Waals surface area contributed by atoms with Gasteiger partial charge >= 0.3 is 0 Å². The van der Waals surface area contributed by atoms with E-state index in [1.165, 1.54) is 24.0 Å². The number of amidine groups is 1. The Hall–Kier alpha value is -2.72. The highest BCUT2D eigenvalue weighted by atomic mass is 32.2. The molecule has 0 radical (unpaired) electrons. The van der Waals surface area contributed by atoms with Crippen molar-refractivity contribution in [2.24, 2.45) is 10.7 Å². The molecule has 31 heavy (non-hydrogen) atoms. The summed E-state index contributed by atoms with van der Waals surface area (Å²) in [5.74, 6) is 0.233. The monoisotopic (exact) mass is 449 g/mol. The lowest BCUT2D eigenvalue weighted by atomic mass is 9.87. The maximum Gasteiger partial charge on any atom is 0.234 e. The summed E-state index contributed by atoms with van der Waals surface area (Å²) in [6.45, 7) is 2.53. The fourth-order valence-electron chi connectivity index (χ4n) is 3.15. The Balaban J connectivity index is 0.00000341. The Morgan fingerprint density at radius 2 is 2.10 bits per heavy atom. The molecule has 0 amide bonds. The lowest BCUT2D eigenvalue weighted by Crippen LogP contribution is -2.29. The van der Waals surface area contributed by atoms with Gasteiger partial charge in [-0.25, -0.2) is 9.37 Å². The summed E-state index contributed by atoms with van der Waals surface area (Å²) < 4.78 is 24.8. The van der Waals surface area contributed by atoms with Gasteiger partial charge in [0, 0.05) is 24.8 Å². The van der Waals surface area contributed by atoms with Crippen LogP contribution in [0.5, 0.6) is 5.88 Å². The number of nitrogens with two attached hydrogens (primary N) is 2. The molecular weight excluding hydrogens is 421 g/mol. The number of thioether (sulfide) groups is 1. The minimum Gasteiger partial charge on any atom is -0.474 e. The van der Waals surface area contributed by atoms with E-state index in [4.69, 9.17) is 20.9 Å². The molecule has 0 fully saturated rings. The van der Waals surface area contributed by atoms with Crippen LogP contribution in [-0.4, -0.2) is 47.0 Å². The van der Waals surface area contributed by atoms with Crippen LogP contribution in [0.25, 0.3) is 0 Å². The number of methoxy groups -OCH3 is 1. The highest BCUT2D eigenvalue weighted by Gasteiger charge is 2.32. The second-order valence-corrected chi connectivity index (χ2v) is 8.14. The molecule has 0 aliphatic carbocycles. The van der Waals surface area contributed by atoms with Gasteiger partial charge in [-0.3, -0.25) is 9.79 Å². The standard InChI is InChI=1S/C20H24FN5O3S.CH4/c1-20(5-8-30-19(23)26-20)13-9-12(3-4-14(13)21)10-15(27)17-18(22)25-16(11-24-17)29-7-6-28-2;/h3-4,9,11H,5-8,10H2,1-2H3,(H2,22,25)(H2,23,26);1H4/t20-;/m0./s1. The van der Waals surface area contributed by atoms with Gasteiger partial charge in [0.2, 0.25) is 5.88 Å². The number of ketones is 1. The molecule has 1 aliphatic rings. The molecule has 1 aromatic heterocycles. The van der Waals surface area contributed by atoms with Gasteiger partial charge in [0.1, 0.15) is 18.1 Å². The topological polar surface area (TPSA) is 126 Å². The largest absolute Gasteiger partial charge is 0.474 e. The minimum atomic E-state index is -0.765. The first kappa shape index (κ1) is 24.5. The number of benzene rings is 1. The second-order valence-electron chi connectivity index (χ2n) is 7.02. The van der Waals surface area contributed by atoms with Crippen LogP contribution in [-0.2, 0) is 16.7 Å². The molecule has 0 spiro atoms. The van der Waals surface area contributed by atoms with Crippen molar-refractivity contribution >= 4 is 28.5 Å². The molecule has 0 bridgehead atoms. The maximum atomic E-state index is 14.6. The average molecular weight is 450 g/mol. The number of carbonyl (C=O) groups is 1. The van der Waals surface area contributed by atoms with Crippen LogP contribution in [0.4, 0.5) is 10.2 Å². The van der Waals surface area contributed by atoms with E-state index in [9.17, 15) is 9.18 Å². The van der Waals surface area contributed by atoms with E-state index >= 15 is 0 Å². The maximum absolute atomic E-state index is 14.6. The van der Waals surface area contributed by atoms with Gasteiger partial charge in [0.25, 0.3) is 0 Å². The number of hydrogen-bond acceptors (Lipinski definition) is 9. The van der Waals surface area contributed by atoms with Crippen molar-refractivity contribution in [3.8, 4) is 5.88 Å². The summed E-state index contributed by atoms with van der Waals surface area (Å²) in [7, 11) is 1.56. The summed E-state index contributed by atoms with van der Waals surface area (Å²) in [4.78, 5) is 25.3. The van der Waals surface area contributed by atoms with Crippen molar-refractivity contribution in [2.45, 2.75) is 32.7 Å². The fraction of sp³-hybridized carbons (Fsp3) is 0.429. The zero-order chi connectivity index (χ0) is 21.7. The van der Waals surface area contributed by atoms with E-state index in [2.05, 4.69) is 15.0 Å². The number of Topliss-reactive ketones (excluding diaryl/α,β-unsaturated/α-hetero) is 1. The number of nitrogens with zero attached hydrogens (tertiary/aromatic N) is 3. The van der Waals surface area contributed by atoms with Gasteiger partial charge in [0.15, 0.2) is 16.8 Å². The van der Waals surface area contributed by atoms with Crippen molar-refractivity contribution in [3.05, 3.63) is 47.0 Å². The molecule has 2 aromatic rings. The molecule has 10 heteroatoms. The predicted octanol–water partition coefficient (Wildman–Crippen LogP) is 2.95. The van der Waals surface area contributed by atoms with Gasteiger partial charge in [-0.1, -0.05) is 25.3 Å². The van der Waals surface area contributed by atoms with E-state index in [1.54, 1.807) is 19.2 Å². The van der Waals surface area contributed by atoms with Crippen molar-refractivity contribution in [1.29, 1.82) is 0 Å². The number of nitrogen functional groups attached to an aromatic ring is 1. The first-order valence-electron chi connectivity index (χ1n) is 9.37. The van der Waals surface area contributed by atoms with E-state index < -0.39 is 5.54 Å². The zero-order valence-electron chi connectivity index (χ0n) is 16.9. The van der Waals surface area contributed by atoms with Crippen molar-refractivity contribution in [3.63, 3.8) is 0 Å². The van der Waals surface area contributed by atoms with Crippen molar-refractivity contribution < 1.29 is 18.7 Å². The molecule has 0 saturated heterocycles. The molecule has 8 nitrogen and oxygen atoms in total. The third kappa shape index (κ3) is 5.92. The smallest absolute Gasteiger partial charge is 0.234 e. The number of aliphatic imine (C=N–C) groups is 1. The van der Waals surface area contributed by atoms with E-state index in [1.807, 2.05) is 6.92 Å². The number of anilines is 1. The lowest BCUT2D eigenvalue weighted by molar-refractivity contribution is 0.0988. The Morgan fingerprint density at radius 1 is 1.32 bits per heavy atom.